The maximum atomic E-state index is 12.5. The Morgan fingerprint density at radius 2 is 1.26 bits per heavy atom. The van der Waals surface area contributed by atoms with Crippen LogP contribution in [0.3, 0.4) is 0 Å². The Balaban J connectivity index is 0.000000189. The van der Waals surface area contributed by atoms with Gasteiger partial charge in [0.15, 0.2) is 6.61 Å². The van der Waals surface area contributed by atoms with Crippen LogP contribution in [-0.2, 0) is 36.8 Å². The van der Waals surface area contributed by atoms with Crippen LogP contribution in [0.15, 0.2) is 36.4 Å². The minimum Gasteiger partial charge on any atom is -0.493 e. The third kappa shape index (κ3) is 7.82. The number of carbonyl (C=O) groups is 4. The van der Waals surface area contributed by atoms with Gasteiger partial charge in [-0.05, 0) is 60.8 Å². The van der Waals surface area contributed by atoms with Crippen LogP contribution in [0.25, 0.3) is 0 Å². The van der Waals surface area contributed by atoms with Crippen LogP contribution in [0.2, 0.25) is 0 Å². The van der Waals surface area contributed by atoms with E-state index in [1.165, 1.54) is 10.5 Å². The van der Waals surface area contributed by atoms with Crippen molar-refractivity contribution in [2.45, 2.75) is 70.6 Å². The van der Waals surface area contributed by atoms with Crippen molar-refractivity contribution in [3.63, 3.8) is 0 Å². The number of rotatable bonds is 3. The lowest BCUT2D eigenvalue weighted by atomic mass is 9.87. The summed E-state index contributed by atoms with van der Waals surface area (Å²) in [6.07, 6.45) is 0.289. The van der Waals surface area contributed by atoms with Gasteiger partial charge in [0, 0.05) is 37.1 Å². The van der Waals surface area contributed by atoms with E-state index in [4.69, 9.17) is 15.2 Å². The number of likely N-dealkylation sites (tertiary alicyclic amines) is 2. The summed E-state index contributed by atoms with van der Waals surface area (Å²) in [4.78, 5) is 50.8. The quantitative estimate of drug-likeness (QED) is 0.382. The normalized spacial score (nSPS) is 23.3. The zero-order chi connectivity index (χ0) is 33.9. The number of nitrogens with zero attached hydrogens (tertiary/aromatic N) is 2. The lowest BCUT2D eigenvalue weighted by Crippen LogP contribution is -2.47. The number of hydrogen-bond donors (Lipinski definition) is 1. The molecule has 0 aromatic heterocycles. The van der Waals surface area contributed by atoms with E-state index in [9.17, 15) is 32.3 Å². The summed E-state index contributed by atoms with van der Waals surface area (Å²) in [6, 6.07) is 11.1. The molecule has 0 unspecified atom stereocenters. The third-order valence-electron chi connectivity index (χ3n) is 9.18. The maximum absolute atomic E-state index is 12.5. The van der Waals surface area contributed by atoms with Gasteiger partial charge in [-0.3, -0.25) is 14.4 Å². The van der Waals surface area contributed by atoms with E-state index in [2.05, 4.69) is 11.7 Å². The Morgan fingerprint density at radius 3 is 1.70 bits per heavy atom. The number of piperidine rings is 2. The van der Waals surface area contributed by atoms with Crippen molar-refractivity contribution < 1.29 is 46.6 Å². The van der Waals surface area contributed by atoms with Crippen molar-refractivity contribution >= 4 is 23.7 Å². The largest absolute Gasteiger partial charge is 0.493 e. The molecule has 4 aliphatic rings. The van der Waals surface area contributed by atoms with Crippen molar-refractivity contribution in [3.8, 4) is 11.5 Å². The second-order valence-corrected chi connectivity index (χ2v) is 12.7. The molecule has 47 heavy (non-hydrogen) atoms. The van der Waals surface area contributed by atoms with Crippen LogP contribution in [0.5, 0.6) is 11.5 Å². The van der Waals surface area contributed by atoms with E-state index in [1.54, 1.807) is 4.90 Å². The first-order chi connectivity index (χ1) is 22.3. The number of amides is 3. The highest BCUT2D eigenvalue weighted by Gasteiger charge is 2.39. The molecule has 2 fully saturated rings. The van der Waals surface area contributed by atoms with Crippen molar-refractivity contribution in [2.24, 2.45) is 17.6 Å². The predicted octanol–water partition coefficient (Wildman–Crippen LogP) is 4.43. The zero-order valence-electron chi connectivity index (χ0n) is 26.5. The molecule has 2 saturated heterocycles. The lowest BCUT2D eigenvalue weighted by molar-refractivity contribution is -0.190. The van der Waals surface area contributed by atoms with E-state index >= 15 is 0 Å². The van der Waals surface area contributed by atoms with Gasteiger partial charge in [0.05, 0.1) is 25.3 Å². The first-order valence-corrected chi connectivity index (χ1v) is 16.0. The number of halogens is 3. The highest BCUT2D eigenvalue weighted by Crippen LogP contribution is 2.41. The molecule has 0 spiro atoms. The van der Waals surface area contributed by atoms with Gasteiger partial charge in [0.1, 0.15) is 11.5 Å². The number of nitrogens with two attached hydrogens (primary N) is 1. The zero-order valence-corrected chi connectivity index (χ0v) is 26.5. The minimum atomic E-state index is -4.66. The highest BCUT2D eigenvalue weighted by molar-refractivity contribution is 6.34. The lowest BCUT2D eigenvalue weighted by Gasteiger charge is -2.39. The smallest absolute Gasteiger partial charge is 0.422 e. The molecule has 10 nitrogen and oxygen atoms in total. The fourth-order valence-electron chi connectivity index (χ4n) is 6.99. The van der Waals surface area contributed by atoms with E-state index in [0.717, 1.165) is 53.9 Å². The monoisotopic (exact) mass is 659 g/mol. The summed E-state index contributed by atoms with van der Waals surface area (Å²) < 4.78 is 52.1. The van der Waals surface area contributed by atoms with Crippen LogP contribution in [0, 0.1) is 11.8 Å². The van der Waals surface area contributed by atoms with Gasteiger partial charge in [-0.15, -0.1) is 0 Å². The van der Waals surface area contributed by atoms with Crippen LogP contribution in [-0.4, -0.2) is 72.6 Å². The van der Waals surface area contributed by atoms with E-state index in [1.807, 2.05) is 43.3 Å². The Morgan fingerprint density at radius 1 is 0.787 bits per heavy atom. The Hall–Kier alpha value is -4.29. The molecule has 4 atom stereocenters. The van der Waals surface area contributed by atoms with Gasteiger partial charge in [-0.25, -0.2) is 4.79 Å². The van der Waals surface area contributed by atoms with E-state index in [0.29, 0.717) is 45.1 Å². The number of ether oxygens (including phenoxy) is 3. The van der Waals surface area contributed by atoms with Gasteiger partial charge in [0.25, 0.3) is 0 Å². The maximum Gasteiger partial charge on any atom is 0.422 e. The fourth-order valence-corrected chi connectivity index (χ4v) is 6.99. The molecule has 0 radical (unpaired) electrons. The molecule has 2 aromatic carbocycles. The molecule has 4 aliphatic heterocycles. The SMILES string of the molecule is C[C@H]1CC[C@H](c2cccc3c2CCO3)N(C(=O)C(=O)OCC(F)(F)F)C1.C[C@H]1CC[C@H](c2cccc3c2CCO3)N(C(=O)C(N)=O)C1. The molecule has 0 bridgehead atoms. The van der Waals surface area contributed by atoms with Crippen LogP contribution < -0.4 is 15.2 Å². The summed E-state index contributed by atoms with van der Waals surface area (Å²) in [5, 5.41) is 0. The predicted molar refractivity (Wildman–Crippen MR) is 163 cm³/mol. The van der Waals surface area contributed by atoms with Crippen LogP contribution in [0.4, 0.5) is 13.2 Å². The molecule has 0 aliphatic carbocycles. The third-order valence-corrected chi connectivity index (χ3v) is 9.18. The van der Waals surface area contributed by atoms with Gasteiger partial charge >= 0.3 is 29.9 Å². The second-order valence-electron chi connectivity index (χ2n) is 12.7. The van der Waals surface area contributed by atoms with Gasteiger partial charge < -0.3 is 29.7 Å². The Kier molecular flexibility index (Phi) is 10.3. The fraction of sp³-hybridized carbons (Fsp3) is 0.529. The molecule has 4 heterocycles. The highest BCUT2D eigenvalue weighted by atomic mass is 19.4. The molecular weight excluding hydrogens is 619 g/mol. The minimum absolute atomic E-state index is 0.0714. The number of benzene rings is 2. The summed E-state index contributed by atoms with van der Waals surface area (Å²) in [7, 11) is 0. The van der Waals surface area contributed by atoms with Crippen molar-refractivity contribution in [3.05, 3.63) is 58.7 Å². The standard InChI is InChI=1S/C18H20F3NO4.C16H20N2O3/c1-11-5-6-14(12-3-2-4-15-13(12)7-8-25-15)22(9-11)16(23)17(24)26-10-18(19,20)21;1-10-5-6-13(18(9-10)16(20)15(17)19)11-3-2-4-14-12(11)7-8-21-14/h2-4,11,14H,5-10H2,1H3;2-4,10,13H,5-9H2,1H3,(H2,17,19)/t11-,14+;10-,13+/m00/s1. The second kappa shape index (κ2) is 14.2. The number of carbonyl (C=O) groups excluding carboxylic acids is 4. The Bertz CT molecular complexity index is 1510. The molecule has 13 heteroatoms. The first-order valence-electron chi connectivity index (χ1n) is 16.0. The Labute approximate surface area is 271 Å². The van der Waals surface area contributed by atoms with Crippen molar-refractivity contribution in [1.82, 2.24) is 9.80 Å². The molecule has 254 valence electrons. The number of hydrogen-bond acceptors (Lipinski definition) is 7. The van der Waals surface area contributed by atoms with Gasteiger partial charge in [-0.1, -0.05) is 38.1 Å². The summed E-state index contributed by atoms with van der Waals surface area (Å²) >= 11 is 0. The topological polar surface area (TPSA) is 128 Å². The van der Waals surface area contributed by atoms with Crippen molar-refractivity contribution in [2.75, 3.05) is 32.9 Å². The molecule has 6 rings (SSSR count). The van der Waals surface area contributed by atoms with Crippen LogP contribution in [0.1, 0.15) is 73.9 Å². The molecule has 0 saturated carbocycles. The molecule has 2 aromatic rings. The summed E-state index contributed by atoms with van der Waals surface area (Å²) in [5.41, 5.74) is 9.37. The van der Waals surface area contributed by atoms with E-state index in [-0.39, 0.29) is 18.0 Å². The van der Waals surface area contributed by atoms with Gasteiger partial charge in [-0.2, -0.15) is 13.2 Å². The number of esters is 1. The van der Waals surface area contributed by atoms with E-state index < -0.39 is 36.5 Å². The number of alkyl halides is 3. The number of primary amides is 1. The van der Waals surface area contributed by atoms with Crippen molar-refractivity contribution in [1.29, 1.82) is 0 Å². The summed E-state index contributed by atoms with van der Waals surface area (Å²) in [5.74, 6) is -1.75. The summed E-state index contributed by atoms with van der Waals surface area (Å²) in [6.45, 7) is 4.38. The van der Waals surface area contributed by atoms with Crippen LogP contribution >= 0.6 is 0 Å². The average Bonchev–Trinajstić information content (AvgIpc) is 3.73. The first kappa shape index (κ1) is 34.1. The molecule has 2 N–H and O–H groups in total. The number of fused-ring (bicyclic) bond motifs is 2. The van der Waals surface area contributed by atoms with Gasteiger partial charge in [0.2, 0.25) is 0 Å². The molecule has 3 amide bonds. The average molecular weight is 660 g/mol. The molecular formula is C34H40F3N3O7.